The van der Waals surface area contributed by atoms with Crippen LogP contribution in [0, 0.1) is 0 Å². The van der Waals surface area contributed by atoms with Crippen molar-refractivity contribution in [3.8, 4) is 0 Å². The van der Waals surface area contributed by atoms with E-state index in [9.17, 15) is 9.59 Å². The SMILES string of the molecule is CC(C)=CCNC(=O)N1CC(C)(OCC(=O)O)C1. The minimum atomic E-state index is -0.998. The average Bonchev–Trinajstić information content (AvgIpc) is 2.21. The molecule has 102 valence electrons. The molecule has 0 aromatic rings. The zero-order valence-corrected chi connectivity index (χ0v) is 11.0. The van der Waals surface area contributed by atoms with E-state index in [2.05, 4.69) is 5.32 Å². The number of likely N-dealkylation sites (tertiary alicyclic amines) is 1. The molecule has 0 spiro atoms. The van der Waals surface area contributed by atoms with E-state index in [4.69, 9.17) is 9.84 Å². The van der Waals surface area contributed by atoms with Crippen LogP contribution in [-0.2, 0) is 9.53 Å². The number of carbonyl (C=O) groups is 2. The maximum atomic E-state index is 11.6. The number of carbonyl (C=O) groups excluding carboxylic acids is 1. The monoisotopic (exact) mass is 256 g/mol. The molecule has 2 amide bonds. The number of carboxylic acids is 1. The van der Waals surface area contributed by atoms with Crippen LogP contribution in [0.15, 0.2) is 11.6 Å². The number of nitrogens with one attached hydrogen (secondary N) is 1. The molecule has 1 aliphatic heterocycles. The quantitative estimate of drug-likeness (QED) is 0.714. The highest BCUT2D eigenvalue weighted by Crippen LogP contribution is 2.24. The minimum Gasteiger partial charge on any atom is -0.480 e. The zero-order chi connectivity index (χ0) is 13.8. The molecule has 6 heteroatoms. The highest BCUT2D eigenvalue weighted by molar-refractivity contribution is 5.75. The first kappa shape index (κ1) is 14.5. The fourth-order valence-corrected chi connectivity index (χ4v) is 1.69. The molecule has 0 aliphatic carbocycles. The summed E-state index contributed by atoms with van der Waals surface area (Å²) in [6, 6.07) is -0.149. The Morgan fingerprint density at radius 3 is 2.56 bits per heavy atom. The van der Waals surface area contributed by atoms with Gasteiger partial charge in [0.05, 0.1) is 13.1 Å². The van der Waals surface area contributed by atoms with E-state index >= 15 is 0 Å². The number of carboxylic acid groups (broad SMARTS) is 1. The Bertz CT molecular complexity index is 355. The summed E-state index contributed by atoms with van der Waals surface area (Å²) in [6.45, 7) is 6.74. The van der Waals surface area contributed by atoms with Crippen molar-refractivity contribution in [3.63, 3.8) is 0 Å². The Kier molecular flexibility index (Phi) is 4.72. The first-order valence-electron chi connectivity index (χ1n) is 5.84. The second kappa shape index (κ2) is 5.86. The molecule has 0 radical (unpaired) electrons. The number of hydrogen-bond donors (Lipinski definition) is 2. The van der Waals surface area contributed by atoms with Gasteiger partial charge in [-0.3, -0.25) is 0 Å². The molecule has 6 nitrogen and oxygen atoms in total. The summed E-state index contributed by atoms with van der Waals surface area (Å²) in [5, 5.41) is 11.3. The third-order valence-corrected chi connectivity index (χ3v) is 2.65. The summed E-state index contributed by atoms with van der Waals surface area (Å²) in [7, 11) is 0. The van der Waals surface area contributed by atoms with Crippen LogP contribution in [0.4, 0.5) is 4.79 Å². The predicted octanol–water partition coefficient (Wildman–Crippen LogP) is 0.838. The van der Waals surface area contributed by atoms with E-state index in [0.29, 0.717) is 19.6 Å². The van der Waals surface area contributed by atoms with E-state index in [-0.39, 0.29) is 12.6 Å². The summed E-state index contributed by atoms with van der Waals surface area (Å²) < 4.78 is 5.22. The third kappa shape index (κ3) is 4.37. The van der Waals surface area contributed by atoms with Crippen molar-refractivity contribution in [2.24, 2.45) is 0 Å². The number of ether oxygens (including phenoxy) is 1. The summed E-state index contributed by atoms with van der Waals surface area (Å²) >= 11 is 0. The van der Waals surface area contributed by atoms with Gasteiger partial charge >= 0.3 is 12.0 Å². The molecule has 0 saturated carbocycles. The van der Waals surface area contributed by atoms with E-state index < -0.39 is 11.6 Å². The number of nitrogens with zero attached hydrogens (tertiary/aromatic N) is 1. The fourth-order valence-electron chi connectivity index (χ4n) is 1.69. The number of urea groups is 1. The van der Waals surface area contributed by atoms with Crippen molar-refractivity contribution in [2.75, 3.05) is 26.2 Å². The summed E-state index contributed by atoms with van der Waals surface area (Å²) in [5.74, 6) is -0.998. The first-order valence-corrected chi connectivity index (χ1v) is 5.84. The Hall–Kier alpha value is -1.56. The van der Waals surface area contributed by atoms with Crippen molar-refractivity contribution in [3.05, 3.63) is 11.6 Å². The number of allylic oxidation sites excluding steroid dienone is 1. The Balaban J connectivity index is 2.26. The molecular weight excluding hydrogens is 236 g/mol. The van der Waals surface area contributed by atoms with Crippen LogP contribution in [0.1, 0.15) is 20.8 Å². The smallest absolute Gasteiger partial charge is 0.329 e. The Morgan fingerprint density at radius 1 is 1.44 bits per heavy atom. The lowest BCUT2D eigenvalue weighted by molar-refractivity contribution is -0.159. The zero-order valence-electron chi connectivity index (χ0n) is 11.0. The van der Waals surface area contributed by atoms with Gasteiger partial charge in [-0.1, -0.05) is 11.6 Å². The van der Waals surface area contributed by atoms with Crippen molar-refractivity contribution < 1.29 is 19.4 Å². The molecule has 0 unspecified atom stereocenters. The summed E-state index contributed by atoms with van der Waals surface area (Å²) in [4.78, 5) is 23.6. The molecule has 0 aromatic carbocycles. The normalized spacial score (nSPS) is 16.7. The number of hydrogen-bond acceptors (Lipinski definition) is 3. The topological polar surface area (TPSA) is 78.9 Å². The van der Waals surface area contributed by atoms with Gasteiger partial charge in [0, 0.05) is 6.54 Å². The van der Waals surface area contributed by atoms with Gasteiger partial charge in [-0.2, -0.15) is 0 Å². The molecule has 0 atom stereocenters. The van der Waals surface area contributed by atoms with Crippen molar-refractivity contribution in [1.29, 1.82) is 0 Å². The van der Waals surface area contributed by atoms with E-state index in [1.807, 2.05) is 19.9 Å². The van der Waals surface area contributed by atoms with E-state index in [0.717, 1.165) is 5.57 Å². The predicted molar refractivity (Wildman–Crippen MR) is 66.4 cm³/mol. The van der Waals surface area contributed by atoms with Gasteiger partial charge in [-0.15, -0.1) is 0 Å². The van der Waals surface area contributed by atoms with Crippen LogP contribution in [0.2, 0.25) is 0 Å². The van der Waals surface area contributed by atoms with Gasteiger partial charge in [0.1, 0.15) is 12.2 Å². The van der Waals surface area contributed by atoms with Crippen molar-refractivity contribution >= 4 is 12.0 Å². The number of aliphatic carboxylic acids is 1. The molecule has 1 aliphatic rings. The molecule has 0 aromatic heterocycles. The largest absolute Gasteiger partial charge is 0.480 e. The maximum absolute atomic E-state index is 11.6. The standard InChI is InChI=1S/C12H20N2O4/c1-9(2)4-5-13-11(17)14-7-12(3,8-14)18-6-10(15)16/h4H,5-8H2,1-3H3,(H,13,17)(H,15,16). The lowest BCUT2D eigenvalue weighted by Gasteiger charge is -2.46. The molecule has 0 bridgehead atoms. The van der Waals surface area contributed by atoms with Crippen LogP contribution in [-0.4, -0.2) is 53.8 Å². The lowest BCUT2D eigenvalue weighted by Crippen LogP contribution is -2.65. The molecule has 1 heterocycles. The molecule has 2 N–H and O–H groups in total. The third-order valence-electron chi connectivity index (χ3n) is 2.65. The summed E-state index contributed by atoms with van der Waals surface area (Å²) in [6.07, 6.45) is 1.93. The van der Waals surface area contributed by atoms with Crippen LogP contribution in [0.3, 0.4) is 0 Å². The first-order chi connectivity index (χ1) is 8.32. The van der Waals surface area contributed by atoms with Crippen LogP contribution in [0.5, 0.6) is 0 Å². The van der Waals surface area contributed by atoms with Crippen molar-refractivity contribution in [1.82, 2.24) is 10.2 Å². The van der Waals surface area contributed by atoms with E-state index in [1.165, 1.54) is 0 Å². The Morgan fingerprint density at radius 2 is 2.06 bits per heavy atom. The molecule has 1 rings (SSSR count). The number of rotatable bonds is 5. The molecule has 18 heavy (non-hydrogen) atoms. The summed E-state index contributed by atoms with van der Waals surface area (Å²) in [5.41, 5.74) is 0.611. The minimum absolute atomic E-state index is 0.149. The van der Waals surface area contributed by atoms with Crippen LogP contribution < -0.4 is 5.32 Å². The van der Waals surface area contributed by atoms with Gasteiger partial charge < -0.3 is 20.1 Å². The van der Waals surface area contributed by atoms with Gasteiger partial charge in [-0.25, -0.2) is 9.59 Å². The van der Waals surface area contributed by atoms with Gasteiger partial charge in [0.2, 0.25) is 0 Å². The van der Waals surface area contributed by atoms with Crippen molar-refractivity contribution in [2.45, 2.75) is 26.4 Å². The second-order valence-electron chi connectivity index (χ2n) is 4.96. The van der Waals surface area contributed by atoms with Gasteiger partial charge in [-0.05, 0) is 20.8 Å². The highest BCUT2D eigenvalue weighted by atomic mass is 16.5. The maximum Gasteiger partial charge on any atom is 0.329 e. The molecule has 1 saturated heterocycles. The Labute approximate surface area is 107 Å². The fraction of sp³-hybridized carbons (Fsp3) is 0.667. The van der Waals surface area contributed by atoms with Crippen LogP contribution >= 0.6 is 0 Å². The molecule has 1 fully saturated rings. The van der Waals surface area contributed by atoms with E-state index in [1.54, 1.807) is 11.8 Å². The van der Waals surface area contributed by atoms with Gasteiger partial charge in [0.25, 0.3) is 0 Å². The second-order valence-corrected chi connectivity index (χ2v) is 4.96. The number of amides is 2. The van der Waals surface area contributed by atoms with Crippen LogP contribution in [0.25, 0.3) is 0 Å². The lowest BCUT2D eigenvalue weighted by atomic mass is 9.97. The van der Waals surface area contributed by atoms with Gasteiger partial charge in [0.15, 0.2) is 0 Å². The average molecular weight is 256 g/mol. The molecular formula is C12H20N2O4. The highest BCUT2D eigenvalue weighted by Gasteiger charge is 2.42.